The van der Waals surface area contributed by atoms with Gasteiger partial charge in [-0.2, -0.15) is 0 Å². The third-order valence-corrected chi connectivity index (χ3v) is 5.37. The Kier molecular flexibility index (Phi) is 5.55. The molecule has 1 aromatic carbocycles. The number of nitrogens with zero attached hydrogens (tertiary/aromatic N) is 4. The lowest BCUT2D eigenvalue weighted by atomic mass is 10.1. The minimum absolute atomic E-state index is 0.0873. The van der Waals surface area contributed by atoms with Gasteiger partial charge in [-0.1, -0.05) is 12.1 Å². The molecule has 150 valence electrons. The van der Waals surface area contributed by atoms with Crippen molar-refractivity contribution in [3.63, 3.8) is 0 Å². The highest BCUT2D eigenvalue weighted by molar-refractivity contribution is 5.80. The van der Waals surface area contributed by atoms with E-state index in [0.29, 0.717) is 37.4 Å². The van der Waals surface area contributed by atoms with Crippen molar-refractivity contribution in [2.24, 2.45) is 0 Å². The van der Waals surface area contributed by atoms with Crippen LogP contribution in [0.5, 0.6) is 0 Å². The summed E-state index contributed by atoms with van der Waals surface area (Å²) in [5.41, 5.74) is 2.48. The number of hydrogen-bond donors (Lipinski definition) is 1. The van der Waals surface area contributed by atoms with Crippen LogP contribution in [0.1, 0.15) is 24.0 Å². The van der Waals surface area contributed by atoms with Gasteiger partial charge in [0.05, 0.1) is 0 Å². The van der Waals surface area contributed by atoms with Gasteiger partial charge in [0.25, 0.3) is 5.56 Å². The molecule has 0 saturated carbocycles. The first-order chi connectivity index (χ1) is 14.1. The maximum absolute atomic E-state index is 12.8. The molecular formula is C22H25N5O2. The summed E-state index contributed by atoms with van der Waals surface area (Å²) in [4.78, 5) is 40.7. The third kappa shape index (κ3) is 4.45. The van der Waals surface area contributed by atoms with Gasteiger partial charge in [-0.15, -0.1) is 0 Å². The van der Waals surface area contributed by atoms with Gasteiger partial charge in [-0.3, -0.25) is 9.59 Å². The molecule has 0 unspecified atom stereocenters. The number of benzene rings is 1. The van der Waals surface area contributed by atoms with E-state index in [1.165, 1.54) is 0 Å². The number of aromatic amines is 1. The molecule has 1 fully saturated rings. The largest absolute Gasteiger partial charge is 0.341 e. The fourth-order valence-electron chi connectivity index (χ4n) is 3.77. The lowest BCUT2D eigenvalue weighted by molar-refractivity contribution is -0.130. The second kappa shape index (κ2) is 8.43. The lowest BCUT2D eigenvalue weighted by Crippen LogP contribution is -2.35. The second-order valence-corrected chi connectivity index (χ2v) is 7.48. The molecule has 0 atom stereocenters. The molecule has 2 aromatic heterocycles. The first-order valence-corrected chi connectivity index (χ1v) is 10.0. The molecule has 1 aliphatic heterocycles. The van der Waals surface area contributed by atoms with Gasteiger partial charge in [0.1, 0.15) is 0 Å². The molecule has 4 rings (SSSR count). The number of aromatic nitrogens is 3. The smallest absolute Gasteiger partial charge is 0.251 e. The molecule has 3 heterocycles. The van der Waals surface area contributed by atoms with Crippen LogP contribution in [-0.2, 0) is 11.2 Å². The number of pyridine rings is 1. The molecular weight excluding hydrogens is 366 g/mol. The summed E-state index contributed by atoms with van der Waals surface area (Å²) in [5.74, 6) is 0.795. The number of anilines is 1. The topological polar surface area (TPSA) is 82.2 Å². The van der Waals surface area contributed by atoms with Gasteiger partial charge < -0.3 is 14.8 Å². The van der Waals surface area contributed by atoms with Crippen LogP contribution in [0.2, 0.25) is 0 Å². The van der Waals surface area contributed by atoms with Gasteiger partial charge in [-0.25, -0.2) is 9.97 Å². The molecule has 1 amide bonds. The third-order valence-electron chi connectivity index (χ3n) is 5.37. The normalized spacial score (nSPS) is 14.8. The van der Waals surface area contributed by atoms with E-state index in [2.05, 4.69) is 19.9 Å². The molecule has 0 spiro atoms. The Morgan fingerprint density at radius 1 is 1.10 bits per heavy atom. The SMILES string of the molecule is Cc1ccc2cc(CCC(=O)N3CCCN(c4ncccn4)CC3)c(=O)[nH]c2c1. The summed E-state index contributed by atoms with van der Waals surface area (Å²) in [5, 5.41) is 0.992. The van der Waals surface area contributed by atoms with Crippen molar-refractivity contribution in [1.82, 2.24) is 19.9 Å². The van der Waals surface area contributed by atoms with E-state index >= 15 is 0 Å². The molecule has 3 aromatic rings. The monoisotopic (exact) mass is 391 g/mol. The summed E-state index contributed by atoms with van der Waals surface area (Å²) in [6, 6.07) is 9.69. The first-order valence-electron chi connectivity index (χ1n) is 10.0. The molecule has 1 N–H and O–H groups in total. The minimum atomic E-state index is -0.112. The Hall–Kier alpha value is -3.22. The predicted octanol–water partition coefficient (Wildman–Crippen LogP) is 2.30. The van der Waals surface area contributed by atoms with E-state index in [9.17, 15) is 9.59 Å². The van der Waals surface area contributed by atoms with Crippen LogP contribution in [0.15, 0.2) is 47.5 Å². The average Bonchev–Trinajstić information content (AvgIpc) is 2.99. The number of carbonyl (C=O) groups excluding carboxylic acids is 1. The summed E-state index contributed by atoms with van der Waals surface area (Å²) in [6.07, 6.45) is 5.12. The molecule has 0 radical (unpaired) electrons. The highest BCUT2D eigenvalue weighted by atomic mass is 16.2. The second-order valence-electron chi connectivity index (χ2n) is 7.48. The highest BCUT2D eigenvalue weighted by Crippen LogP contribution is 2.15. The van der Waals surface area contributed by atoms with Crippen LogP contribution in [0.25, 0.3) is 10.9 Å². The zero-order chi connectivity index (χ0) is 20.2. The standard InChI is InChI=1S/C22H25N5O2/c1-16-4-5-17-15-18(21(29)25-19(17)14-16)6-7-20(28)26-10-3-11-27(13-12-26)22-23-8-2-9-24-22/h2,4-5,8-9,14-15H,3,6-7,10-13H2,1H3,(H,25,29). The summed E-state index contributed by atoms with van der Waals surface area (Å²) >= 11 is 0. The summed E-state index contributed by atoms with van der Waals surface area (Å²) in [6.45, 7) is 4.90. The number of rotatable bonds is 4. The van der Waals surface area contributed by atoms with Gasteiger partial charge in [0, 0.05) is 56.1 Å². The van der Waals surface area contributed by atoms with Crippen molar-refractivity contribution < 1.29 is 4.79 Å². The van der Waals surface area contributed by atoms with Crippen molar-refractivity contribution in [3.8, 4) is 0 Å². The maximum Gasteiger partial charge on any atom is 0.251 e. The van der Waals surface area contributed by atoms with Crippen LogP contribution in [0.3, 0.4) is 0 Å². The zero-order valence-electron chi connectivity index (χ0n) is 16.6. The Morgan fingerprint density at radius 2 is 1.93 bits per heavy atom. The van der Waals surface area contributed by atoms with E-state index in [0.717, 1.165) is 36.0 Å². The van der Waals surface area contributed by atoms with E-state index in [1.54, 1.807) is 18.5 Å². The van der Waals surface area contributed by atoms with E-state index in [1.807, 2.05) is 36.1 Å². The average molecular weight is 391 g/mol. The lowest BCUT2D eigenvalue weighted by Gasteiger charge is -2.22. The predicted molar refractivity (Wildman–Crippen MR) is 113 cm³/mol. The maximum atomic E-state index is 12.8. The minimum Gasteiger partial charge on any atom is -0.341 e. The number of H-pyrrole nitrogens is 1. The van der Waals surface area contributed by atoms with Crippen LogP contribution < -0.4 is 10.5 Å². The first kappa shape index (κ1) is 19.1. The molecule has 0 aliphatic carbocycles. The fraction of sp³-hybridized carbons (Fsp3) is 0.364. The Morgan fingerprint density at radius 3 is 2.76 bits per heavy atom. The zero-order valence-corrected chi connectivity index (χ0v) is 16.6. The molecule has 1 aliphatic rings. The van der Waals surface area contributed by atoms with E-state index in [4.69, 9.17) is 0 Å². The van der Waals surface area contributed by atoms with Gasteiger partial charge in [0.15, 0.2) is 0 Å². The highest BCUT2D eigenvalue weighted by Gasteiger charge is 2.20. The summed E-state index contributed by atoms with van der Waals surface area (Å²) < 4.78 is 0. The number of hydrogen-bond acceptors (Lipinski definition) is 5. The van der Waals surface area contributed by atoms with Gasteiger partial charge >= 0.3 is 0 Å². The Balaban J connectivity index is 1.38. The molecule has 0 bridgehead atoms. The number of amides is 1. The molecule has 1 saturated heterocycles. The number of carbonyl (C=O) groups is 1. The van der Waals surface area contributed by atoms with Crippen LogP contribution >= 0.6 is 0 Å². The Labute approximate surface area is 169 Å². The van der Waals surface area contributed by atoms with Gasteiger partial charge in [0.2, 0.25) is 11.9 Å². The molecule has 7 heteroatoms. The van der Waals surface area contributed by atoms with E-state index < -0.39 is 0 Å². The quantitative estimate of drug-likeness (QED) is 0.738. The van der Waals surface area contributed by atoms with Crippen molar-refractivity contribution >= 4 is 22.8 Å². The number of aryl methyl sites for hydroxylation is 2. The summed E-state index contributed by atoms with van der Waals surface area (Å²) in [7, 11) is 0. The van der Waals surface area contributed by atoms with E-state index in [-0.39, 0.29) is 11.5 Å². The van der Waals surface area contributed by atoms with Crippen molar-refractivity contribution in [3.05, 3.63) is 64.2 Å². The van der Waals surface area contributed by atoms with Gasteiger partial charge in [-0.05, 0) is 48.9 Å². The molecule has 7 nitrogen and oxygen atoms in total. The Bertz CT molecular complexity index is 1060. The van der Waals surface area contributed by atoms with Crippen LogP contribution in [0.4, 0.5) is 5.95 Å². The van der Waals surface area contributed by atoms with Crippen LogP contribution in [0, 0.1) is 6.92 Å². The van der Waals surface area contributed by atoms with Crippen molar-refractivity contribution in [2.75, 3.05) is 31.1 Å². The number of nitrogens with one attached hydrogen (secondary N) is 1. The molecule has 29 heavy (non-hydrogen) atoms. The van der Waals surface area contributed by atoms with Crippen molar-refractivity contribution in [2.45, 2.75) is 26.2 Å². The number of fused-ring (bicyclic) bond motifs is 1. The van der Waals surface area contributed by atoms with Crippen molar-refractivity contribution in [1.29, 1.82) is 0 Å². The fourth-order valence-corrected chi connectivity index (χ4v) is 3.77. The van der Waals surface area contributed by atoms with Crippen LogP contribution in [-0.4, -0.2) is 51.9 Å².